The van der Waals surface area contributed by atoms with Crippen molar-refractivity contribution < 1.29 is 19.5 Å². The predicted octanol–water partition coefficient (Wildman–Crippen LogP) is 2.38. The van der Waals surface area contributed by atoms with E-state index in [-0.39, 0.29) is 11.8 Å². The van der Waals surface area contributed by atoms with E-state index in [1.54, 1.807) is 12.1 Å². The minimum Gasteiger partial charge on any atom is -0.465 e. The van der Waals surface area contributed by atoms with Crippen LogP contribution in [0.5, 0.6) is 0 Å². The highest BCUT2D eigenvalue weighted by Gasteiger charge is 2.74. The zero-order chi connectivity index (χ0) is 16.7. The summed E-state index contributed by atoms with van der Waals surface area (Å²) >= 11 is 0. The standard InChI is InChI=1S/C18H14N2O4/c21-14-12-5-10-3-1-2-4-11(10)6-13(12)15(22)20(14)18-7-17(8-18,9-18)19-16(23)24/h1-6,19H,7-9H2,(H,23,24). The van der Waals surface area contributed by atoms with E-state index < -0.39 is 17.2 Å². The Morgan fingerprint density at radius 3 is 1.96 bits per heavy atom. The summed E-state index contributed by atoms with van der Waals surface area (Å²) < 4.78 is 0. The van der Waals surface area contributed by atoms with Crippen LogP contribution >= 0.6 is 0 Å². The Kier molecular flexibility index (Phi) is 2.23. The van der Waals surface area contributed by atoms with Gasteiger partial charge in [-0.25, -0.2) is 4.79 Å². The average Bonchev–Trinajstić information content (AvgIpc) is 2.71. The number of rotatable bonds is 2. The second kappa shape index (κ2) is 3.95. The average molecular weight is 322 g/mol. The third kappa shape index (κ3) is 1.48. The van der Waals surface area contributed by atoms with Crippen LogP contribution in [0.15, 0.2) is 36.4 Å². The summed E-state index contributed by atoms with van der Waals surface area (Å²) in [5.41, 5.74) is -0.0689. The van der Waals surface area contributed by atoms with Crippen molar-refractivity contribution in [2.24, 2.45) is 0 Å². The lowest BCUT2D eigenvalue weighted by Gasteiger charge is -2.71. The molecule has 6 rings (SSSR count). The molecule has 2 aromatic rings. The summed E-state index contributed by atoms with van der Waals surface area (Å²) in [4.78, 5) is 37.8. The van der Waals surface area contributed by atoms with Gasteiger partial charge in [0.25, 0.3) is 11.8 Å². The number of amides is 3. The Labute approximate surface area is 137 Å². The number of benzene rings is 2. The molecule has 0 radical (unpaired) electrons. The number of fused-ring (bicyclic) bond motifs is 2. The summed E-state index contributed by atoms with van der Waals surface area (Å²) in [6, 6.07) is 11.2. The molecule has 120 valence electrons. The van der Waals surface area contributed by atoms with E-state index in [0.29, 0.717) is 30.4 Å². The summed E-state index contributed by atoms with van der Waals surface area (Å²) in [5.74, 6) is -0.520. The lowest BCUT2D eigenvalue weighted by molar-refractivity contribution is -0.141. The summed E-state index contributed by atoms with van der Waals surface area (Å²) in [7, 11) is 0. The first-order chi connectivity index (χ1) is 11.4. The number of hydrogen-bond donors (Lipinski definition) is 2. The highest BCUT2D eigenvalue weighted by atomic mass is 16.4. The van der Waals surface area contributed by atoms with Gasteiger partial charge in [-0.1, -0.05) is 24.3 Å². The zero-order valence-electron chi connectivity index (χ0n) is 12.7. The molecule has 0 aromatic heterocycles. The number of nitrogens with one attached hydrogen (secondary N) is 1. The Bertz CT molecular complexity index is 890. The molecule has 0 atom stereocenters. The molecule has 6 nitrogen and oxygen atoms in total. The van der Waals surface area contributed by atoms with E-state index in [2.05, 4.69) is 5.32 Å². The van der Waals surface area contributed by atoms with Crippen molar-refractivity contribution in [1.29, 1.82) is 0 Å². The Morgan fingerprint density at radius 1 is 1.00 bits per heavy atom. The second-order valence-electron chi connectivity index (χ2n) is 7.16. The Balaban J connectivity index is 1.51. The molecule has 2 N–H and O–H groups in total. The van der Waals surface area contributed by atoms with Gasteiger partial charge in [-0.15, -0.1) is 0 Å². The van der Waals surface area contributed by atoms with Crippen LogP contribution in [0.3, 0.4) is 0 Å². The number of carboxylic acid groups (broad SMARTS) is 1. The fraction of sp³-hybridized carbons (Fsp3) is 0.278. The highest BCUT2D eigenvalue weighted by Crippen LogP contribution is 2.64. The molecule has 4 aliphatic rings. The van der Waals surface area contributed by atoms with Crippen LogP contribution in [0.4, 0.5) is 4.79 Å². The smallest absolute Gasteiger partial charge is 0.405 e. The van der Waals surface area contributed by atoms with Crippen LogP contribution in [0, 0.1) is 0 Å². The first-order valence-electron chi connectivity index (χ1n) is 7.86. The second-order valence-corrected chi connectivity index (χ2v) is 7.16. The Hall–Kier alpha value is -2.89. The summed E-state index contributed by atoms with van der Waals surface area (Å²) in [6.45, 7) is 0. The van der Waals surface area contributed by atoms with Crippen molar-refractivity contribution in [3.05, 3.63) is 47.5 Å². The first-order valence-corrected chi connectivity index (χ1v) is 7.86. The van der Waals surface area contributed by atoms with Crippen LogP contribution in [0.1, 0.15) is 40.0 Å². The van der Waals surface area contributed by atoms with Gasteiger partial charge in [0.05, 0.1) is 22.2 Å². The maximum Gasteiger partial charge on any atom is 0.405 e. The number of carbonyl (C=O) groups is 3. The van der Waals surface area contributed by atoms with Crippen LogP contribution in [-0.4, -0.2) is 39.0 Å². The van der Waals surface area contributed by atoms with E-state index in [4.69, 9.17) is 5.11 Å². The number of hydrogen-bond acceptors (Lipinski definition) is 3. The van der Waals surface area contributed by atoms with Crippen molar-refractivity contribution >= 4 is 28.7 Å². The normalized spacial score (nSPS) is 29.9. The van der Waals surface area contributed by atoms with Crippen molar-refractivity contribution in [2.45, 2.75) is 30.3 Å². The minimum atomic E-state index is -1.06. The molecule has 3 aliphatic carbocycles. The molecule has 3 saturated carbocycles. The molecular formula is C18H14N2O4. The topological polar surface area (TPSA) is 86.7 Å². The van der Waals surface area contributed by atoms with Gasteiger partial charge in [-0.3, -0.25) is 14.5 Å². The minimum absolute atomic E-state index is 0.260. The van der Waals surface area contributed by atoms with E-state index in [9.17, 15) is 14.4 Å². The molecule has 1 aliphatic heterocycles. The molecular weight excluding hydrogens is 308 g/mol. The maximum absolute atomic E-state index is 12.8. The number of carbonyl (C=O) groups excluding carboxylic acids is 2. The van der Waals surface area contributed by atoms with Gasteiger partial charge in [-0.2, -0.15) is 0 Å². The van der Waals surface area contributed by atoms with E-state index in [1.165, 1.54) is 4.90 Å². The van der Waals surface area contributed by atoms with Gasteiger partial charge in [0.2, 0.25) is 0 Å². The maximum atomic E-state index is 12.8. The zero-order valence-corrected chi connectivity index (χ0v) is 12.7. The molecule has 3 amide bonds. The van der Waals surface area contributed by atoms with Gasteiger partial charge in [0, 0.05) is 0 Å². The number of imide groups is 1. The fourth-order valence-electron chi connectivity index (χ4n) is 4.69. The lowest BCUT2D eigenvalue weighted by Crippen LogP contribution is -2.84. The van der Waals surface area contributed by atoms with Gasteiger partial charge in [0.15, 0.2) is 0 Å². The predicted molar refractivity (Wildman–Crippen MR) is 84.9 cm³/mol. The van der Waals surface area contributed by atoms with Gasteiger partial charge < -0.3 is 10.4 Å². The SMILES string of the molecule is O=C(O)NC12CC(N3C(=O)c4cc5ccccc5cc4C3=O)(C1)C2. The summed E-state index contributed by atoms with van der Waals surface area (Å²) in [5, 5.41) is 13.3. The number of nitrogens with zero attached hydrogens (tertiary/aromatic N) is 1. The third-order valence-corrected chi connectivity index (χ3v) is 5.60. The van der Waals surface area contributed by atoms with Crippen LogP contribution in [0.25, 0.3) is 10.8 Å². The molecule has 2 bridgehead atoms. The van der Waals surface area contributed by atoms with Crippen LogP contribution in [0.2, 0.25) is 0 Å². The monoisotopic (exact) mass is 322 g/mol. The molecule has 3 fully saturated rings. The molecule has 1 heterocycles. The molecule has 6 heteroatoms. The Morgan fingerprint density at radius 2 is 1.50 bits per heavy atom. The van der Waals surface area contributed by atoms with Crippen molar-refractivity contribution in [2.75, 3.05) is 0 Å². The third-order valence-electron chi connectivity index (χ3n) is 5.60. The molecule has 2 aromatic carbocycles. The molecule has 0 unspecified atom stereocenters. The van der Waals surface area contributed by atoms with E-state index >= 15 is 0 Å². The largest absolute Gasteiger partial charge is 0.465 e. The molecule has 0 saturated heterocycles. The van der Waals surface area contributed by atoms with Crippen molar-refractivity contribution in [3.63, 3.8) is 0 Å². The molecule has 24 heavy (non-hydrogen) atoms. The van der Waals surface area contributed by atoms with E-state index in [0.717, 1.165) is 10.8 Å². The molecule has 0 spiro atoms. The van der Waals surface area contributed by atoms with Crippen LogP contribution < -0.4 is 5.32 Å². The van der Waals surface area contributed by atoms with Gasteiger partial charge in [-0.05, 0) is 42.2 Å². The van der Waals surface area contributed by atoms with Crippen molar-refractivity contribution in [3.8, 4) is 0 Å². The van der Waals surface area contributed by atoms with Gasteiger partial charge >= 0.3 is 6.09 Å². The quantitative estimate of drug-likeness (QED) is 0.831. The fourth-order valence-corrected chi connectivity index (χ4v) is 4.69. The first kappa shape index (κ1) is 13.5. The highest BCUT2D eigenvalue weighted by molar-refractivity contribution is 6.23. The van der Waals surface area contributed by atoms with Crippen molar-refractivity contribution in [1.82, 2.24) is 10.2 Å². The lowest BCUT2D eigenvalue weighted by atomic mass is 9.43. The van der Waals surface area contributed by atoms with Gasteiger partial charge in [0.1, 0.15) is 0 Å². The van der Waals surface area contributed by atoms with E-state index in [1.807, 2.05) is 24.3 Å². The van der Waals surface area contributed by atoms with Crippen LogP contribution in [-0.2, 0) is 0 Å². The summed E-state index contributed by atoms with van der Waals surface area (Å²) in [6.07, 6.45) is 0.475.